The topological polar surface area (TPSA) is 12.0 Å². The molecule has 0 saturated carbocycles. The van der Waals surface area contributed by atoms with E-state index >= 15 is 0 Å². The van der Waals surface area contributed by atoms with Crippen LogP contribution in [0.5, 0.6) is 0 Å². The molecule has 1 heteroatoms. The van der Waals surface area contributed by atoms with Gasteiger partial charge in [0.15, 0.2) is 0 Å². The summed E-state index contributed by atoms with van der Waals surface area (Å²) in [5, 5.41) is 3.37. The minimum Gasteiger partial charge on any atom is -0.372 e. The van der Waals surface area contributed by atoms with Gasteiger partial charge in [0, 0.05) is 5.69 Å². The number of nitrogens with one attached hydrogen (secondary N) is 1. The number of aryl methyl sites for hydroxylation is 2. The van der Waals surface area contributed by atoms with Gasteiger partial charge in [0.1, 0.15) is 0 Å². The van der Waals surface area contributed by atoms with Crippen LogP contribution in [0.2, 0.25) is 0 Å². The monoisotopic (exact) mass is 199 g/mol. The second kappa shape index (κ2) is 4.40. The summed E-state index contributed by atoms with van der Waals surface area (Å²) in [6.45, 7) is 2.10. The van der Waals surface area contributed by atoms with Crippen molar-refractivity contribution in [3.63, 3.8) is 0 Å². The van der Waals surface area contributed by atoms with Gasteiger partial charge >= 0.3 is 0 Å². The van der Waals surface area contributed by atoms with Crippen LogP contribution in [0.1, 0.15) is 30.9 Å². The highest BCUT2D eigenvalue weighted by molar-refractivity contribution is 5.51. The predicted molar refractivity (Wildman–Crippen MR) is 65.0 cm³/mol. The Morgan fingerprint density at radius 3 is 2.93 bits per heavy atom. The Labute approximate surface area is 91.9 Å². The molecule has 0 aromatic heterocycles. The third kappa shape index (κ3) is 2.15. The van der Waals surface area contributed by atoms with Crippen LogP contribution in [0.4, 0.5) is 5.69 Å². The van der Waals surface area contributed by atoms with Crippen LogP contribution in [0.25, 0.3) is 0 Å². The van der Waals surface area contributed by atoms with E-state index in [4.69, 9.17) is 6.42 Å². The molecule has 2 rings (SSSR count). The van der Waals surface area contributed by atoms with Crippen molar-refractivity contribution in [1.82, 2.24) is 0 Å². The molecule has 0 fully saturated rings. The molecule has 0 bridgehead atoms. The highest BCUT2D eigenvalue weighted by Gasteiger charge is 2.11. The average Bonchev–Trinajstić information content (AvgIpc) is 2.73. The molecule has 0 spiro atoms. The largest absolute Gasteiger partial charge is 0.372 e. The second-order valence-corrected chi connectivity index (χ2v) is 4.11. The van der Waals surface area contributed by atoms with Gasteiger partial charge in [0.2, 0.25) is 0 Å². The Bertz CT molecular complexity index is 387. The standard InChI is InChI=1S/C14H17N/c1-3-13(4-2)15-14-9-8-11-6-5-7-12(11)10-14/h1,8-10,13,15H,4-7H2,2H3. The zero-order chi connectivity index (χ0) is 10.7. The van der Waals surface area contributed by atoms with Crippen LogP contribution < -0.4 is 5.32 Å². The SMILES string of the molecule is C#CC(CC)Nc1ccc2c(c1)CCC2. The minimum absolute atomic E-state index is 0.157. The lowest BCUT2D eigenvalue weighted by Crippen LogP contribution is -2.15. The predicted octanol–water partition coefficient (Wildman–Crippen LogP) is 3.00. The van der Waals surface area contributed by atoms with Crippen molar-refractivity contribution in [3.8, 4) is 12.3 Å². The van der Waals surface area contributed by atoms with Crippen LogP contribution in [-0.4, -0.2) is 6.04 Å². The fourth-order valence-electron chi connectivity index (χ4n) is 2.12. The highest BCUT2D eigenvalue weighted by atomic mass is 14.9. The maximum Gasteiger partial charge on any atom is 0.0871 e. The van der Waals surface area contributed by atoms with Crippen molar-refractivity contribution in [2.45, 2.75) is 38.6 Å². The molecule has 1 nitrogen and oxygen atoms in total. The zero-order valence-corrected chi connectivity index (χ0v) is 9.22. The number of hydrogen-bond acceptors (Lipinski definition) is 1. The number of anilines is 1. The van der Waals surface area contributed by atoms with Crippen molar-refractivity contribution >= 4 is 5.69 Å². The van der Waals surface area contributed by atoms with Crippen molar-refractivity contribution < 1.29 is 0 Å². The third-order valence-corrected chi connectivity index (χ3v) is 3.05. The van der Waals surface area contributed by atoms with Crippen LogP contribution in [0.15, 0.2) is 18.2 Å². The van der Waals surface area contributed by atoms with E-state index < -0.39 is 0 Å². The van der Waals surface area contributed by atoms with E-state index in [1.165, 1.54) is 36.1 Å². The van der Waals surface area contributed by atoms with Gasteiger partial charge in [0.25, 0.3) is 0 Å². The summed E-state index contributed by atoms with van der Waals surface area (Å²) in [6, 6.07) is 6.78. The fraction of sp³-hybridized carbons (Fsp3) is 0.429. The summed E-state index contributed by atoms with van der Waals surface area (Å²) in [5.74, 6) is 2.76. The molecule has 1 aromatic rings. The summed E-state index contributed by atoms with van der Waals surface area (Å²) in [6.07, 6.45) is 10.2. The van der Waals surface area contributed by atoms with E-state index in [9.17, 15) is 0 Å². The van der Waals surface area contributed by atoms with E-state index in [2.05, 4.69) is 36.4 Å². The van der Waals surface area contributed by atoms with Gasteiger partial charge in [-0.25, -0.2) is 0 Å². The van der Waals surface area contributed by atoms with Crippen LogP contribution >= 0.6 is 0 Å². The molecule has 0 saturated heterocycles. The van der Waals surface area contributed by atoms with Gasteiger partial charge in [0.05, 0.1) is 6.04 Å². The summed E-state index contributed by atoms with van der Waals surface area (Å²) in [5.41, 5.74) is 4.17. The Kier molecular flexibility index (Phi) is 2.97. The number of terminal acetylenes is 1. The molecule has 15 heavy (non-hydrogen) atoms. The summed E-state index contributed by atoms with van der Waals surface area (Å²) >= 11 is 0. The second-order valence-electron chi connectivity index (χ2n) is 4.11. The number of fused-ring (bicyclic) bond motifs is 1. The van der Waals surface area contributed by atoms with Crippen molar-refractivity contribution in [2.24, 2.45) is 0 Å². The number of hydrogen-bond donors (Lipinski definition) is 1. The molecule has 78 valence electrons. The van der Waals surface area contributed by atoms with Gasteiger partial charge in [-0.05, 0) is 48.9 Å². The molecule has 1 unspecified atom stereocenters. The van der Waals surface area contributed by atoms with Gasteiger partial charge in [-0.2, -0.15) is 0 Å². The summed E-state index contributed by atoms with van der Waals surface area (Å²) < 4.78 is 0. The van der Waals surface area contributed by atoms with E-state index in [-0.39, 0.29) is 6.04 Å². The molecule has 1 atom stereocenters. The smallest absolute Gasteiger partial charge is 0.0871 e. The Balaban J connectivity index is 2.13. The van der Waals surface area contributed by atoms with Gasteiger partial charge in [-0.3, -0.25) is 0 Å². The molecule has 0 amide bonds. The van der Waals surface area contributed by atoms with E-state index in [1.807, 2.05) is 0 Å². The molecule has 0 radical (unpaired) electrons. The molecule has 1 aliphatic carbocycles. The number of benzene rings is 1. The normalized spacial score (nSPS) is 15.5. The molecule has 0 aliphatic heterocycles. The lowest BCUT2D eigenvalue weighted by atomic mass is 10.1. The quantitative estimate of drug-likeness (QED) is 0.738. The maximum atomic E-state index is 5.43. The maximum absolute atomic E-state index is 5.43. The molecular formula is C14H17N. The molecule has 0 heterocycles. The Morgan fingerprint density at radius 2 is 2.20 bits per heavy atom. The zero-order valence-electron chi connectivity index (χ0n) is 9.22. The van der Waals surface area contributed by atoms with Gasteiger partial charge in [-0.1, -0.05) is 18.9 Å². The van der Waals surface area contributed by atoms with Crippen LogP contribution in [-0.2, 0) is 12.8 Å². The summed E-state index contributed by atoms with van der Waals surface area (Å²) in [4.78, 5) is 0. The van der Waals surface area contributed by atoms with Crippen LogP contribution in [0.3, 0.4) is 0 Å². The molecular weight excluding hydrogens is 182 g/mol. The first-order chi connectivity index (χ1) is 7.33. The van der Waals surface area contributed by atoms with E-state index in [1.54, 1.807) is 0 Å². The van der Waals surface area contributed by atoms with Gasteiger partial charge < -0.3 is 5.32 Å². The first-order valence-electron chi connectivity index (χ1n) is 5.68. The first-order valence-corrected chi connectivity index (χ1v) is 5.68. The van der Waals surface area contributed by atoms with E-state index in [0.29, 0.717) is 0 Å². The average molecular weight is 199 g/mol. The highest BCUT2D eigenvalue weighted by Crippen LogP contribution is 2.25. The Hall–Kier alpha value is -1.42. The van der Waals surface area contributed by atoms with Crippen molar-refractivity contribution in [1.29, 1.82) is 0 Å². The van der Waals surface area contributed by atoms with Crippen molar-refractivity contribution in [3.05, 3.63) is 29.3 Å². The van der Waals surface area contributed by atoms with Gasteiger partial charge in [-0.15, -0.1) is 6.42 Å². The van der Waals surface area contributed by atoms with E-state index in [0.717, 1.165) is 6.42 Å². The van der Waals surface area contributed by atoms with Crippen molar-refractivity contribution in [2.75, 3.05) is 5.32 Å². The fourth-order valence-corrected chi connectivity index (χ4v) is 2.12. The number of rotatable bonds is 3. The third-order valence-electron chi connectivity index (χ3n) is 3.05. The van der Waals surface area contributed by atoms with Crippen LogP contribution in [0, 0.1) is 12.3 Å². The minimum atomic E-state index is 0.157. The summed E-state index contributed by atoms with van der Waals surface area (Å²) in [7, 11) is 0. The molecule has 1 aliphatic rings. The molecule has 1 aromatic carbocycles. The lowest BCUT2D eigenvalue weighted by Gasteiger charge is -2.13. The molecule has 1 N–H and O–H groups in total. The lowest BCUT2D eigenvalue weighted by molar-refractivity contribution is 0.857. The Morgan fingerprint density at radius 1 is 1.40 bits per heavy atom. The first kappa shape index (κ1) is 10.1.